The number of nitrogens with one attached hydrogen (secondary N) is 1. The standard InChI is InChI=1S/C19H21ClF3N5O/c20-17-15(26-14-5-7-27(8-6-14)11-12-1-2-12)10-25-28(18(17)29)16-4-3-13(9-24-16)19(21,22)23/h3-4,9-10,12,14,26H,1-2,5-8,11H2. The summed E-state index contributed by atoms with van der Waals surface area (Å²) in [6, 6.07) is 2.14. The number of aromatic nitrogens is 3. The molecule has 1 aliphatic heterocycles. The van der Waals surface area contributed by atoms with Crippen molar-refractivity contribution >= 4 is 17.3 Å². The van der Waals surface area contributed by atoms with E-state index in [4.69, 9.17) is 11.6 Å². The highest BCUT2D eigenvalue weighted by Gasteiger charge is 2.31. The van der Waals surface area contributed by atoms with E-state index in [0.29, 0.717) is 11.9 Å². The van der Waals surface area contributed by atoms with Gasteiger partial charge in [-0.05, 0) is 43.7 Å². The Morgan fingerprint density at radius 1 is 1.14 bits per heavy atom. The first-order chi connectivity index (χ1) is 13.8. The van der Waals surface area contributed by atoms with Crippen molar-refractivity contribution in [3.05, 3.63) is 45.5 Å². The highest BCUT2D eigenvalue weighted by Crippen LogP contribution is 2.31. The van der Waals surface area contributed by atoms with Crippen molar-refractivity contribution < 1.29 is 13.2 Å². The summed E-state index contributed by atoms with van der Waals surface area (Å²) in [5.41, 5.74) is -1.10. The summed E-state index contributed by atoms with van der Waals surface area (Å²) >= 11 is 6.22. The molecule has 0 atom stereocenters. The first-order valence-electron chi connectivity index (χ1n) is 9.61. The molecule has 1 N–H and O–H groups in total. The number of hydrogen-bond donors (Lipinski definition) is 1. The number of nitrogens with zero attached hydrogens (tertiary/aromatic N) is 4. The second-order valence-electron chi connectivity index (χ2n) is 7.65. The number of likely N-dealkylation sites (tertiary alicyclic amines) is 1. The summed E-state index contributed by atoms with van der Waals surface area (Å²) in [5.74, 6) is 0.842. The molecule has 0 aromatic carbocycles. The highest BCUT2D eigenvalue weighted by atomic mass is 35.5. The van der Waals surface area contributed by atoms with E-state index in [0.717, 1.165) is 48.7 Å². The van der Waals surface area contributed by atoms with E-state index < -0.39 is 17.3 Å². The van der Waals surface area contributed by atoms with E-state index in [1.54, 1.807) is 0 Å². The number of rotatable bonds is 5. The average Bonchev–Trinajstić information content (AvgIpc) is 3.51. The number of hydrogen-bond acceptors (Lipinski definition) is 5. The van der Waals surface area contributed by atoms with Crippen molar-refractivity contribution in [2.45, 2.75) is 37.9 Å². The third-order valence-corrected chi connectivity index (χ3v) is 5.74. The van der Waals surface area contributed by atoms with Crippen LogP contribution < -0.4 is 10.9 Å². The van der Waals surface area contributed by atoms with Gasteiger partial charge >= 0.3 is 6.18 Å². The molecule has 4 rings (SSSR count). The van der Waals surface area contributed by atoms with Gasteiger partial charge in [0.05, 0.1) is 17.4 Å². The molecule has 6 nitrogen and oxygen atoms in total. The Morgan fingerprint density at radius 2 is 1.86 bits per heavy atom. The number of pyridine rings is 1. The smallest absolute Gasteiger partial charge is 0.380 e. The second kappa shape index (κ2) is 7.95. The molecule has 1 saturated heterocycles. The van der Waals surface area contributed by atoms with E-state index >= 15 is 0 Å². The molecule has 1 saturated carbocycles. The third-order valence-electron chi connectivity index (χ3n) is 5.37. The molecular formula is C19H21ClF3N5O. The Hall–Kier alpha value is -2.13. The maximum Gasteiger partial charge on any atom is 0.417 e. The van der Waals surface area contributed by atoms with Crippen LogP contribution in [0.5, 0.6) is 0 Å². The Morgan fingerprint density at radius 3 is 2.45 bits per heavy atom. The first kappa shape index (κ1) is 20.2. The third kappa shape index (κ3) is 4.72. The molecule has 10 heteroatoms. The van der Waals surface area contributed by atoms with Crippen LogP contribution in [0.2, 0.25) is 5.02 Å². The minimum absolute atomic E-state index is 0.0233. The van der Waals surface area contributed by atoms with Gasteiger partial charge in [-0.15, -0.1) is 0 Å². The number of piperidine rings is 1. The quantitative estimate of drug-likeness (QED) is 0.790. The fourth-order valence-electron chi connectivity index (χ4n) is 3.52. The van der Waals surface area contributed by atoms with Gasteiger partial charge in [0.1, 0.15) is 5.02 Å². The Labute approximate surface area is 170 Å². The number of alkyl halides is 3. The predicted molar refractivity (Wildman–Crippen MR) is 103 cm³/mol. The Bertz CT molecular complexity index is 919. The van der Waals surface area contributed by atoms with Gasteiger partial charge in [-0.1, -0.05) is 11.6 Å². The molecule has 3 heterocycles. The minimum atomic E-state index is -4.50. The van der Waals surface area contributed by atoms with Crippen molar-refractivity contribution in [1.29, 1.82) is 0 Å². The molecule has 2 aliphatic rings. The molecule has 1 aliphatic carbocycles. The topological polar surface area (TPSA) is 63.1 Å². The summed E-state index contributed by atoms with van der Waals surface area (Å²) in [6.45, 7) is 3.18. The average molecular weight is 428 g/mol. The lowest BCUT2D eigenvalue weighted by molar-refractivity contribution is -0.137. The molecular weight excluding hydrogens is 407 g/mol. The number of anilines is 1. The second-order valence-corrected chi connectivity index (χ2v) is 8.03. The first-order valence-corrected chi connectivity index (χ1v) is 9.99. The van der Waals surface area contributed by atoms with Gasteiger partial charge in [-0.3, -0.25) is 4.79 Å². The predicted octanol–water partition coefficient (Wildman–Crippen LogP) is 3.59. The van der Waals surface area contributed by atoms with Crippen LogP contribution in [-0.4, -0.2) is 45.3 Å². The van der Waals surface area contributed by atoms with Crippen molar-refractivity contribution in [3.63, 3.8) is 0 Å². The largest absolute Gasteiger partial charge is 0.417 e. The zero-order chi connectivity index (χ0) is 20.6. The zero-order valence-electron chi connectivity index (χ0n) is 15.6. The van der Waals surface area contributed by atoms with Crippen molar-refractivity contribution in [1.82, 2.24) is 19.7 Å². The lowest BCUT2D eigenvalue weighted by atomic mass is 10.0. The van der Waals surface area contributed by atoms with Gasteiger partial charge in [0, 0.05) is 31.9 Å². The molecule has 0 unspecified atom stereocenters. The highest BCUT2D eigenvalue weighted by molar-refractivity contribution is 6.32. The van der Waals surface area contributed by atoms with Crippen molar-refractivity contribution in [2.24, 2.45) is 5.92 Å². The summed E-state index contributed by atoms with van der Waals surface area (Å²) < 4.78 is 38.9. The fraction of sp³-hybridized carbons (Fsp3) is 0.526. The molecule has 156 valence electrons. The summed E-state index contributed by atoms with van der Waals surface area (Å²) in [4.78, 5) is 18.7. The lowest BCUT2D eigenvalue weighted by Gasteiger charge is -2.32. The summed E-state index contributed by atoms with van der Waals surface area (Å²) in [5, 5.41) is 7.26. The van der Waals surface area contributed by atoms with Crippen LogP contribution in [0.1, 0.15) is 31.2 Å². The van der Waals surface area contributed by atoms with Gasteiger partial charge in [0.2, 0.25) is 0 Å². The van der Waals surface area contributed by atoms with Gasteiger partial charge in [-0.25, -0.2) is 4.98 Å². The van der Waals surface area contributed by atoms with Gasteiger partial charge in [-0.2, -0.15) is 23.0 Å². The van der Waals surface area contributed by atoms with Gasteiger partial charge in [0.25, 0.3) is 5.56 Å². The molecule has 2 aromatic rings. The van der Waals surface area contributed by atoms with Crippen LogP contribution in [0.4, 0.5) is 18.9 Å². The fourth-order valence-corrected chi connectivity index (χ4v) is 3.70. The van der Waals surface area contributed by atoms with E-state index in [1.807, 2.05) is 0 Å². The monoisotopic (exact) mass is 427 g/mol. The minimum Gasteiger partial charge on any atom is -0.380 e. The van der Waals surface area contributed by atoms with Crippen LogP contribution in [0.3, 0.4) is 0 Å². The summed E-state index contributed by atoms with van der Waals surface area (Å²) in [6.07, 6.45) is 2.16. The molecule has 2 fully saturated rings. The SMILES string of the molecule is O=c1c(Cl)c(NC2CCN(CC3CC3)CC2)cnn1-c1ccc(C(F)(F)F)cn1. The molecule has 0 spiro atoms. The Balaban J connectivity index is 1.44. The maximum absolute atomic E-state index is 12.7. The molecule has 0 amide bonds. The maximum atomic E-state index is 12.7. The van der Waals surface area contributed by atoms with Crippen LogP contribution in [-0.2, 0) is 6.18 Å². The number of halogens is 4. The Kier molecular flexibility index (Phi) is 5.52. The summed E-state index contributed by atoms with van der Waals surface area (Å²) in [7, 11) is 0. The van der Waals surface area contributed by atoms with E-state index in [-0.39, 0.29) is 16.9 Å². The molecule has 0 radical (unpaired) electrons. The zero-order valence-corrected chi connectivity index (χ0v) is 16.4. The van der Waals surface area contributed by atoms with Crippen LogP contribution in [0.25, 0.3) is 5.82 Å². The van der Waals surface area contributed by atoms with Crippen LogP contribution >= 0.6 is 11.6 Å². The van der Waals surface area contributed by atoms with E-state index in [1.165, 1.54) is 25.6 Å². The normalized spacial score (nSPS) is 18.8. The van der Waals surface area contributed by atoms with Crippen molar-refractivity contribution in [3.8, 4) is 5.82 Å². The molecule has 2 aromatic heterocycles. The van der Waals surface area contributed by atoms with E-state index in [9.17, 15) is 18.0 Å². The van der Waals surface area contributed by atoms with Crippen molar-refractivity contribution in [2.75, 3.05) is 25.0 Å². The van der Waals surface area contributed by atoms with Crippen LogP contribution in [0, 0.1) is 5.92 Å². The van der Waals surface area contributed by atoms with Crippen LogP contribution in [0.15, 0.2) is 29.3 Å². The van der Waals surface area contributed by atoms with E-state index in [2.05, 4.69) is 20.3 Å². The lowest BCUT2D eigenvalue weighted by Crippen LogP contribution is -2.40. The molecule has 0 bridgehead atoms. The molecule has 29 heavy (non-hydrogen) atoms. The van der Waals surface area contributed by atoms with Gasteiger partial charge in [0.15, 0.2) is 5.82 Å². The van der Waals surface area contributed by atoms with Gasteiger partial charge < -0.3 is 10.2 Å².